The third-order valence-corrected chi connectivity index (χ3v) is 4.48. The maximum Gasteiger partial charge on any atom is 1.00 e. The fourth-order valence-corrected chi connectivity index (χ4v) is 2.96. The van der Waals surface area contributed by atoms with Gasteiger partial charge >= 0.3 is 29.6 Å². The molecule has 2 rings (SSSR count). The minimum absolute atomic E-state index is 0. The van der Waals surface area contributed by atoms with Crippen LogP contribution in [0.25, 0.3) is 0 Å². The number of hydrogen-bond acceptors (Lipinski definition) is 4. The Hall–Kier alpha value is -1.05. The van der Waals surface area contributed by atoms with Crippen molar-refractivity contribution in [3.63, 3.8) is 0 Å². The average molecular weight is 372 g/mol. The van der Waals surface area contributed by atoms with Gasteiger partial charge in [-0.25, -0.2) is 0 Å². The Morgan fingerprint density at radius 1 is 1.08 bits per heavy atom. The smallest absolute Gasteiger partial charge is 0.872 e. The van der Waals surface area contributed by atoms with Gasteiger partial charge in [0.05, 0.1) is 4.90 Å². The Labute approximate surface area is 171 Å². The molecular weight excluding hydrogens is 351 g/mol. The molecule has 1 N–H and O–H groups in total. The number of ether oxygens (including phenoxy) is 1. The van der Waals surface area contributed by atoms with Crippen LogP contribution >= 0.6 is 0 Å². The summed E-state index contributed by atoms with van der Waals surface area (Å²) in [4.78, 5) is -0.467. The van der Waals surface area contributed by atoms with E-state index in [-0.39, 0.29) is 35.3 Å². The molecule has 2 aromatic carbocycles. The first-order valence-electron chi connectivity index (χ1n) is 7.95. The molecule has 0 aliphatic rings. The molecule has 0 unspecified atom stereocenters. The molecule has 0 spiro atoms. The van der Waals surface area contributed by atoms with E-state index in [9.17, 15) is 13.5 Å². The Morgan fingerprint density at radius 3 is 2.48 bits per heavy atom. The van der Waals surface area contributed by atoms with Gasteiger partial charge in [-0.15, -0.1) is 5.75 Å². The molecule has 0 fully saturated rings. The van der Waals surface area contributed by atoms with Gasteiger partial charge in [0.1, 0.15) is 11.5 Å². The second-order valence-corrected chi connectivity index (χ2v) is 7.06. The van der Waals surface area contributed by atoms with Crippen LogP contribution < -0.4 is 39.4 Å². The van der Waals surface area contributed by atoms with Crippen LogP contribution in [0, 0.1) is 0 Å². The van der Waals surface area contributed by atoms with Crippen LogP contribution in [0.2, 0.25) is 0 Å². The minimum atomic E-state index is -4.45. The monoisotopic (exact) mass is 372 g/mol. The van der Waals surface area contributed by atoms with Crippen molar-refractivity contribution in [1.29, 1.82) is 0 Å². The van der Waals surface area contributed by atoms with Crippen molar-refractivity contribution in [3.05, 3.63) is 48.0 Å². The van der Waals surface area contributed by atoms with E-state index in [4.69, 9.17) is 9.29 Å². The molecule has 7 heteroatoms. The van der Waals surface area contributed by atoms with Crippen molar-refractivity contribution in [1.82, 2.24) is 0 Å². The number of aryl methyl sites for hydroxylation is 1. The quantitative estimate of drug-likeness (QED) is 0.423. The van der Waals surface area contributed by atoms with Gasteiger partial charge in [-0.1, -0.05) is 44.4 Å². The van der Waals surface area contributed by atoms with Gasteiger partial charge in [0.2, 0.25) is 0 Å². The summed E-state index contributed by atoms with van der Waals surface area (Å²) in [5, 5.41) is 11.6. The molecule has 0 saturated carbocycles. The van der Waals surface area contributed by atoms with Crippen LogP contribution in [0.4, 0.5) is 0 Å². The molecule has 0 atom stereocenters. The maximum atomic E-state index is 11.6. The van der Waals surface area contributed by atoms with Gasteiger partial charge in [0.25, 0.3) is 10.1 Å². The van der Waals surface area contributed by atoms with E-state index in [1.165, 1.54) is 12.5 Å². The predicted molar refractivity (Wildman–Crippen MR) is 90.1 cm³/mol. The Bertz CT molecular complexity index is 790. The molecule has 0 saturated heterocycles. The Morgan fingerprint density at radius 2 is 1.80 bits per heavy atom. The summed E-state index contributed by atoms with van der Waals surface area (Å²) in [5.41, 5.74) is 0.998. The summed E-state index contributed by atoms with van der Waals surface area (Å²) in [7, 11) is -4.45. The van der Waals surface area contributed by atoms with Gasteiger partial charge < -0.3 is 9.84 Å². The van der Waals surface area contributed by atoms with E-state index in [0.29, 0.717) is 5.75 Å². The second kappa shape index (κ2) is 10.2. The number of para-hydroxylation sites is 1. The van der Waals surface area contributed by atoms with Crippen molar-refractivity contribution in [2.45, 2.75) is 43.9 Å². The van der Waals surface area contributed by atoms with E-state index in [0.717, 1.165) is 43.4 Å². The standard InChI is InChI=1S/C18H22O5S.Na/c1-2-3-4-5-8-14-9-6-7-10-18(14)23-16-11-15(19)12-17(13-16)24(20,21)22;/h6-7,9-13,19H,2-5,8H2,1H3,(H,20,21,22);/q;+1/p-1. The number of hydrogen-bond donors (Lipinski definition) is 1. The zero-order chi connectivity index (χ0) is 17.6. The summed E-state index contributed by atoms with van der Waals surface area (Å²) in [6.07, 6.45) is 5.35. The van der Waals surface area contributed by atoms with E-state index in [1.54, 1.807) is 6.07 Å². The first kappa shape index (κ1) is 22.0. The van der Waals surface area contributed by atoms with E-state index < -0.39 is 20.8 Å². The second-order valence-electron chi connectivity index (χ2n) is 5.64. The minimum Gasteiger partial charge on any atom is -0.872 e. The zero-order valence-corrected chi connectivity index (χ0v) is 17.4. The van der Waals surface area contributed by atoms with Crippen molar-refractivity contribution in [2.24, 2.45) is 0 Å². The molecule has 0 radical (unpaired) electrons. The fraction of sp³-hybridized carbons (Fsp3) is 0.333. The third-order valence-electron chi connectivity index (χ3n) is 3.65. The van der Waals surface area contributed by atoms with Crippen LogP contribution in [0.5, 0.6) is 17.2 Å². The molecule has 0 amide bonds. The van der Waals surface area contributed by atoms with Crippen molar-refractivity contribution >= 4 is 10.1 Å². The van der Waals surface area contributed by atoms with Crippen molar-refractivity contribution in [2.75, 3.05) is 0 Å². The normalized spacial score (nSPS) is 11.0. The first-order chi connectivity index (χ1) is 11.4. The zero-order valence-electron chi connectivity index (χ0n) is 14.6. The van der Waals surface area contributed by atoms with Crippen LogP contribution in [-0.4, -0.2) is 13.0 Å². The van der Waals surface area contributed by atoms with Gasteiger partial charge in [-0.05, 0) is 36.6 Å². The molecule has 0 aliphatic heterocycles. The van der Waals surface area contributed by atoms with Gasteiger partial charge in [-0.2, -0.15) is 8.42 Å². The predicted octanol–water partition coefficient (Wildman–Crippen LogP) is 0.926. The molecule has 5 nitrogen and oxygen atoms in total. The van der Waals surface area contributed by atoms with Gasteiger partial charge in [0.15, 0.2) is 0 Å². The van der Waals surface area contributed by atoms with Crippen LogP contribution in [0.15, 0.2) is 47.4 Å². The maximum absolute atomic E-state index is 11.6. The molecule has 0 aliphatic carbocycles. The average Bonchev–Trinajstić information content (AvgIpc) is 2.51. The van der Waals surface area contributed by atoms with Gasteiger partial charge in [0, 0.05) is 6.07 Å². The van der Waals surface area contributed by atoms with E-state index in [2.05, 4.69) is 6.92 Å². The Kier molecular flexibility index (Phi) is 8.96. The van der Waals surface area contributed by atoms with Crippen molar-refractivity contribution < 1.29 is 52.4 Å². The molecular formula is C18H21NaO5S. The fourth-order valence-electron chi connectivity index (χ4n) is 2.43. The summed E-state index contributed by atoms with van der Waals surface area (Å²) >= 11 is 0. The largest absolute Gasteiger partial charge is 1.00 e. The van der Waals surface area contributed by atoms with E-state index in [1.807, 2.05) is 18.2 Å². The molecule has 25 heavy (non-hydrogen) atoms. The summed E-state index contributed by atoms with van der Waals surface area (Å²) in [6.45, 7) is 2.15. The summed E-state index contributed by atoms with van der Waals surface area (Å²) in [6, 6.07) is 10.7. The third kappa shape index (κ3) is 6.99. The van der Waals surface area contributed by atoms with Crippen LogP contribution in [0.1, 0.15) is 38.2 Å². The van der Waals surface area contributed by atoms with Crippen LogP contribution in [-0.2, 0) is 16.5 Å². The molecule has 0 bridgehead atoms. The first-order valence-corrected chi connectivity index (χ1v) is 9.39. The Balaban J connectivity index is 0.00000312. The topological polar surface area (TPSA) is 86.7 Å². The van der Waals surface area contributed by atoms with Gasteiger partial charge in [-0.3, -0.25) is 4.55 Å². The number of unbranched alkanes of at least 4 members (excludes halogenated alkanes) is 3. The summed E-state index contributed by atoms with van der Waals surface area (Å²) < 4.78 is 37.3. The molecule has 2 aromatic rings. The molecule has 130 valence electrons. The number of rotatable bonds is 8. The molecule has 0 aromatic heterocycles. The summed E-state index contributed by atoms with van der Waals surface area (Å²) in [5.74, 6) is 0.137. The van der Waals surface area contributed by atoms with Crippen molar-refractivity contribution in [3.8, 4) is 17.2 Å². The van der Waals surface area contributed by atoms with E-state index >= 15 is 0 Å². The number of benzene rings is 2. The molecule has 0 heterocycles. The van der Waals surface area contributed by atoms with Crippen LogP contribution in [0.3, 0.4) is 0 Å². The SMILES string of the molecule is CCCCCCc1ccccc1Oc1cc([O-])cc(S(=O)(=O)O)c1.[Na+].